The summed E-state index contributed by atoms with van der Waals surface area (Å²) in [6.07, 6.45) is 0. The van der Waals surface area contributed by atoms with Gasteiger partial charge in [0.1, 0.15) is 17.5 Å². The molecule has 0 amide bonds. The third-order valence-electron chi connectivity index (χ3n) is 4.60. The largest absolute Gasteiger partial charge is 0.369 e. The van der Waals surface area contributed by atoms with E-state index >= 15 is 0 Å². The number of aryl methyl sites for hydroxylation is 3. The zero-order valence-electron chi connectivity index (χ0n) is 15.0. The van der Waals surface area contributed by atoms with E-state index in [2.05, 4.69) is 34.8 Å². The van der Waals surface area contributed by atoms with Crippen molar-refractivity contribution < 1.29 is 0 Å². The van der Waals surface area contributed by atoms with E-state index in [4.69, 9.17) is 5.73 Å². The lowest BCUT2D eigenvalue weighted by molar-refractivity contribution is 0.641. The van der Waals surface area contributed by atoms with Gasteiger partial charge < -0.3 is 15.5 Å². The smallest absolute Gasteiger partial charge is 0.254 e. The van der Waals surface area contributed by atoms with Crippen LogP contribution in [0.2, 0.25) is 0 Å². The van der Waals surface area contributed by atoms with Crippen LogP contribution in [0.3, 0.4) is 0 Å². The first-order valence-corrected chi connectivity index (χ1v) is 8.47. The van der Waals surface area contributed by atoms with Gasteiger partial charge in [-0.3, -0.25) is 14.5 Å². The van der Waals surface area contributed by atoms with E-state index in [9.17, 15) is 4.79 Å². The molecule has 0 radical (unpaired) electrons. The third-order valence-corrected chi connectivity index (χ3v) is 4.60. The molecule has 4 heterocycles. The molecule has 10 nitrogen and oxygen atoms in total. The zero-order valence-corrected chi connectivity index (χ0v) is 15.0. The number of hydrogen-bond acceptors (Lipinski definition) is 8. The van der Waals surface area contributed by atoms with Crippen LogP contribution in [0.1, 0.15) is 11.5 Å². The van der Waals surface area contributed by atoms with Crippen LogP contribution < -0.4 is 21.1 Å². The van der Waals surface area contributed by atoms with Gasteiger partial charge in [0.15, 0.2) is 5.65 Å². The van der Waals surface area contributed by atoms with Gasteiger partial charge >= 0.3 is 0 Å². The first kappa shape index (κ1) is 16.3. The molecule has 3 aromatic rings. The van der Waals surface area contributed by atoms with Crippen molar-refractivity contribution >= 4 is 28.6 Å². The Morgan fingerprint density at radius 2 is 1.77 bits per heavy atom. The molecule has 3 N–H and O–H groups in total. The molecule has 1 aliphatic heterocycles. The lowest BCUT2D eigenvalue weighted by Crippen LogP contribution is -2.47. The number of nitrogens with zero attached hydrogens (tertiary/aromatic N) is 7. The van der Waals surface area contributed by atoms with Crippen LogP contribution >= 0.6 is 0 Å². The molecule has 10 heteroatoms. The van der Waals surface area contributed by atoms with Crippen molar-refractivity contribution in [2.24, 2.45) is 7.05 Å². The number of fused-ring (bicyclic) bond motifs is 1. The Balaban J connectivity index is 1.62. The molecular weight excluding hydrogens is 334 g/mol. The first-order valence-electron chi connectivity index (χ1n) is 8.47. The Hall–Kier alpha value is -3.17. The maximum absolute atomic E-state index is 11.6. The van der Waals surface area contributed by atoms with E-state index in [-0.39, 0.29) is 11.5 Å². The van der Waals surface area contributed by atoms with Gasteiger partial charge in [-0.15, -0.1) is 0 Å². The molecule has 1 aliphatic rings. The van der Waals surface area contributed by atoms with Crippen molar-refractivity contribution in [2.45, 2.75) is 13.8 Å². The highest BCUT2D eigenvalue weighted by atomic mass is 16.1. The lowest BCUT2D eigenvalue weighted by atomic mass is 10.2. The van der Waals surface area contributed by atoms with Gasteiger partial charge in [0, 0.05) is 39.3 Å². The fraction of sp³-hybridized carbons (Fsp3) is 0.438. The van der Waals surface area contributed by atoms with E-state index in [0.717, 1.165) is 54.5 Å². The molecular formula is C16H21N9O. The van der Waals surface area contributed by atoms with Crippen LogP contribution in [0.25, 0.3) is 11.0 Å². The fourth-order valence-electron chi connectivity index (χ4n) is 3.42. The van der Waals surface area contributed by atoms with Gasteiger partial charge in [-0.1, -0.05) is 0 Å². The van der Waals surface area contributed by atoms with Crippen molar-refractivity contribution in [3.8, 4) is 0 Å². The Kier molecular flexibility index (Phi) is 3.74. The molecule has 0 aliphatic carbocycles. The molecule has 0 spiro atoms. The Morgan fingerprint density at radius 1 is 1.08 bits per heavy atom. The summed E-state index contributed by atoms with van der Waals surface area (Å²) >= 11 is 0. The molecule has 26 heavy (non-hydrogen) atoms. The number of nitrogens with two attached hydrogens (primary N) is 1. The Morgan fingerprint density at radius 3 is 2.46 bits per heavy atom. The Labute approximate surface area is 149 Å². The summed E-state index contributed by atoms with van der Waals surface area (Å²) in [5.74, 6) is 2.37. The van der Waals surface area contributed by atoms with Crippen molar-refractivity contribution in [1.82, 2.24) is 29.7 Å². The molecule has 0 atom stereocenters. The molecule has 0 bridgehead atoms. The second kappa shape index (κ2) is 5.97. The van der Waals surface area contributed by atoms with Crippen LogP contribution in [0.15, 0.2) is 10.9 Å². The predicted molar refractivity (Wildman–Crippen MR) is 99.5 cm³/mol. The summed E-state index contributed by atoms with van der Waals surface area (Å²) in [5, 5.41) is 5.47. The van der Waals surface area contributed by atoms with E-state index < -0.39 is 0 Å². The standard InChI is InChI=1S/C16H21N9O/c1-9-13-14(23(3)22-9)18-10(2)19-15(13)25-6-4-24(5-7-25)11-8-12(26)21-16(17)20-11/h8H,4-7H2,1-3H3,(H3,17,20,21,26). The average Bonchev–Trinajstić information content (AvgIpc) is 2.87. The predicted octanol–water partition coefficient (Wildman–Crippen LogP) is -0.0278. The zero-order chi connectivity index (χ0) is 18.4. The lowest BCUT2D eigenvalue weighted by Gasteiger charge is -2.36. The van der Waals surface area contributed by atoms with Crippen LogP contribution in [0.5, 0.6) is 0 Å². The van der Waals surface area contributed by atoms with Crippen molar-refractivity contribution in [2.75, 3.05) is 41.7 Å². The third kappa shape index (κ3) is 2.72. The fourth-order valence-corrected chi connectivity index (χ4v) is 3.42. The number of hydrogen-bond donors (Lipinski definition) is 2. The van der Waals surface area contributed by atoms with Gasteiger partial charge in [-0.05, 0) is 13.8 Å². The second-order valence-electron chi connectivity index (χ2n) is 6.46. The minimum absolute atomic E-state index is 0.133. The summed E-state index contributed by atoms with van der Waals surface area (Å²) < 4.78 is 1.79. The molecule has 0 saturated carbocycles. The SMILES string of the molecule is Cc1nc(N2CCN(c3cc(=O)[nH]c(N)n3)CC2)c2c(C)nn(C)c2n1. The molecule has 0 unspecified atom stereocenters. The van der Waals surface area contributed by atoms with Crippen LogP contribution in [0, 0.1) is 13.8 Å². The van der Waals surface area contributed by atoms with E-state index in [1.54, 1.807) is 4.68 Å². The first-order chi connectivity index (χ1) is 12.4. The molecule has 4 rings (SSSR count). The summed E-state index contributed by atoms with van der Waals surface area (Å²) in [6.45, 7) is 6.83. The number of aromatic nitrogens is 6. The van der Waals surface area contributed by atoms with E-state index in [1.165, 1.54) is 6.07 Å². The summed E-state index contributed by atoms with van der Waals surface area (Å²) in [5.41, 5.74) is 7.17. The highest BCUT2D eigenvalue weighted by Gasteiger charge is 2.24. The van der Waals surface area contributed by atoms with E-state index in [0.29, 0.717) is 5.82 Å². The van der Waals surface area contributed by atoms with Crippen LogP contribution in [-0.4, -0.2) is 55.9 Å². The number of nitrogens with one attached hydrogen (secondary N) is 1. The molecule has 3 aromatic heterocycles. The monoisotopic (exact) mass is 355 g/mol. The van der Waals surface area contributed by atoms with Crippen molar-refractivity contribution in [1.29, 1.82) is 0 Å². The maximum atomic E-state index is 11.6. The van der Waals surface area contributed by atoms with E-state index in [1.807, 2.05) is 20.9 Å². The number of H-pyrrole nitrogens is 1. The van der Waals surface area contributed by atoms with Crippen LogP contribution in [0.4, 0.5) is 17.6 Å². The number of aromatic amines is 1. The molecule has 1 fully saturated rings. The van der Waals surface area contributed by atoms with Gasteiger partial charge in [-0.2, -0.15) is 10.1 Å². The van der Waals surface area contributed by atoms with Gasteiger partial charge in [0.25, 0.3) is 5.56 Å². The second-order valence-corrected chi connectivity index (χ2v) is 6.46. The normalized spacial score (nSPS) is 15.0. The number of nitrogen functional groups attached to an aromatic ring is 1. The summed E-state index contributed by atoms with van der Waals surface area (Å²) in [4.78, 5) is 31.8. The average molecular weight is 355 g/mol. The quantitative estimate of drug-likeness (QED) is 0.657. The summed E-state index contributed by atoms with van der Waals surface area (Å²) in [7, 11) is 1.90. The molecule has 136 valence electrons. The highest BCUT2D eigenvalue weighted by molar-refractivity contribution is 5.90. The molecule has 0 aromatic carbocycles. The number of rotatable bonds is 2. The van der Waals surface area contributed by atoms with Gasteiger partial charge in [0.05, 0.1) is 11.1 Å². The highest BCUT2D eigenvalue weighted by Crippen LogP contribution is 2.27. The minimum Gasteiger partial charge on any atom is -0.369 e. The maximum Gasteiger partial charge on any atom is 0.254 e. The molecule has 1 saturated heterocycles. The van der Waals surface area contributed by atoms with Crippen molar-refractivity contribution in [3.63, 3.8) is 0 Å². The van der Waals surface area contributed by atoms with Gasteiger partial charge in [0.2, 0.25) is 5.95 Å². The van der Waals surface area contributed by atoms with Gasteiger partial charge in [-0.25, -0.2) is 9.97 Å². The topological polar surface area (TPSA) is 122 Å². The number of piperazine rings is 1. The Bertz CT molecular complexity index is 1030. The summed E-state index contributed by atoms with van der Waals surface area (Å²) in [6, 6.07) is 1.48. The van der Waals surface area contributed by atoms with Crippen LogP contribution in [-0.2, 0) is 7.05 Å². The minimum atomic E-state index is -0.242. The number of anilines is 3. The van der Waals surface area contributed by atoms with Crippen molar-refractivity contribution in [3.05, 3.63) is 27.9 Å².